The largest absolute Gasteiger partial charge is 0.393 e. The first kappa shape index (κ1) is 9.27. The maximum absolute atomic E-state index is 9.18. The fourth-order valence-corrected chi connectivity index (χ4v) is 1.43. The molecule has 0 aliphatic rings. The lowest BCUT2D eigenvalue weighted by atomic mass is 9.96. The Bertz CT molecular complexity index is 216. The van der Waals surface area contributed by atoms with Crippen LogP contribution in [0, 0.1) is 0 Å². The first-order chi connectivity index (χ1) is 5.70. The van der Waals surface area contributed by atoms with Crippen molar-refractivity contribution in [1.82, 2.24) is 0 Å². The van der Waals surface area contributed by atoms with Crippen LogP contribution in [0.15, 0.2) is 30.3 Å². The number of aliphatic hydroxyl groups excluding tert-OH is 1. The summed E-state index contributed by atoms with van der Waals surface area (Å²) in [5, 5.41) is 9.18. The molecule has 0 unspecified atom stereocenters. The van der Waals surface area contributed by atoms with E-state index < -0.39 is 0 Å². The van der Waals surface area contributed by atoms with E-state index in [-0.39, 0.29) is 6.10 Å². The third-order valence-corrected chi connectivity index (χ3v) is 2.06. The van der Waals surface area contributed by atoms with E-state index in [0.29, 0.717) is 5.92 Å². The molecule has 1 aromatic rings. The zero-order valence-corrected chi connectivity index (χ0v) is 7.70. The fraction of sp³-hybridized carbons (Fsp3) is 0.455. The summed E-state index contributed by atoms with van der Waals surface area (Å²) in [5.74, 6) is 0.450. The van der Waals surface area contributed by atoms with Crippen LogP contribution in [-0.2, 0) is 0 Å². The van der Waals surface area contributed by atoms with Crippen LogP contribution in [0.5, 0.6) is 0 Å². The maximum atomic E-state index is 9.18. The van der Waals surface area contributed by atoms with Crippen molar-refractivity contribution in [1.29, 1.82) is 0 Å². The first-order valence-electron chi connectivity index (χ1n) is 4.43. The Hall–Kier alpha value is -0.820. The molecule has 1 heteroatoms. The zero-order chi connectivity index (χ0) is 8.97. The maximum Gasteiger partial charge on any atom is 0.0517 e. The second-order valence-electron chi connectivity index (χ2n) is 3.40. The Morgan fingerprint density at radius 2 is 1.75 bits per heavy atom. The molecule has 1 aromatic carbocycles. The van der Waals surface area contributed by atoms with Crippen molar-refractivity contribution in [3.63, 3.8) is 0 Å². The average molecular weight is 164 g/mol. The molecule has 0 amide bonds. The van der Waals surface area contributed by atoms with E-state index in [4.69, 9.17) is 0 Å². The Kier molecular flexibility index (Phi) is 3.30. The average Bonchev–Trinajstić information content (AvgIpc) is 2.05. The molecule has 66 valence electrons. The summed E-state index contributed by atoms with van der Waals surface area (Å²) in [5.41, 5.74) is 1.30. The summed E-state index contributed by atoms with van der Waals surface area (Å²) in [7, 11) is 0. The molecular weight excluding hydrogens is 148 g/mol. The number of benzene rings is 1. The van der Waals surface area contributed by atoms with Crippen LogP contribution in [0.4, 0.5) is 0 Å². The van der Waals surface area contributed by atoms with Crippen molar-refractivity contribution in [2.75, 3.05) is 0 Å². The molecule has 0 radical (unpaired) electrons. The lowest BCUT2D eigenvalue weighted by Gasteiger charge is -2.12. The highest BCUT2D eigenvalue weighted by Gasteiger charge is 2.07. The smallest absolute Gasteiger partial charge is 0.0517 e. The van der Waals surface area contributed by atoms with Gasteiger partial charge in [-0.3, -0.25) is 0 Å². The van der Waals surface area contributed by atoms with Gasteiger partial charge in [0.25, 0.3) is 0 Å². The quantitative estimate of drug-likeness (QED) is 0.728. The van der Waals surface area contributed by atoms with Crippen LogP contribution in [0.3, 0.4) is 0 Å². The predicted molar refractivity (Wildman–Crippen MR) is 51.2 cm³/mol. The van der Waals surface area contributed by atoms with Crippen molar-refractivity contribution in [3.05, 3.63) is 35.9 Å². The van der Waals surface area contributed by atoms with Gasteiger partial charge in [0.1, 0.15) is 0 Å². The van der Waals surface area contributed by atoms with Crippen molar-refractivity contribution in [3.8, 4) is 0 Å². The van der Waals surface area contributed by atoms with Gasteiger partial charge in [-0.05, 0) is 24.8 Å². The molecule has 12 heavy (non-hydrogen) atoms. The molecule has 1 nitrogen and oxygen atoms in total. The summed E-state index contributed by atoms with van der Waals surface area (Å²) in [6.45, 7) is 3.97. The van der Waals surface area contributed by atoms with E-state index in [0.717, 1.165) is 6.42 Å². The van der Waals surface area contributed by atoms with Gasteiger partial charge in [-0.15, -0.1) is 0 Å². The van der Waals surface area contributed by atoms with Crippen molar-refractivity contribution < 1.29 is 5.11 Å². The Balaban J connectivity index is 2.59. The monoisotopic (exact) mass is 164 g/mol. The van der Waals surface area contributed by atoms with Crippen LogP contribution >= 0.6 is 0 Å². The summed E-state index contributed by atoms with van der Waals surface area (Å²) in [6.07, 6.45) is 0.629. The first-order valence-corrected chi connectivity index (χ1v) is 4.43. The standard InChI is InChI=1S/C11H16O/c1-9(8-10(2)12)11-6-4-3-5-7-11/h3-7,9-10,12H,8H2,1-2H3/t9-,10+/m0/s1. The van der Waals surface area contributed by atoms with Gasteiger partial charge in [0.15, 0.2) is 0 Å². The number of aliphatic hydroxyl groups is 1. The molecule has 2 atom stereocenters. The van der Waals surface area contributed by atoms with Gasteiger partial charge in [-0.2, -0.15) is 0 Å². The van der Waals surface area contributed by atoms with Crippen LogP contribution in [-0.4, -0.2) is 11.2 Å². The molecule has 0 aromatic heterocycles. The Morgan fingerprint density at radius 1 is 1.17 bits per heavy atom. The summed E-state index contributed by atoms with van der Waals surface area (Å²) in [4.78, 5) is 0. The van der Waals surface area contributed by atoms with Crippen LogP contribution in [0.25, 0.3) is 0 Å². The molecule has 1 rings (SSSR count). The van der Waals surface area contributed by atoms with Gasteiger partial charge >= 0.3 is 0 Å². The van der Waals surface area contributed by atoms with Crippen molar-refractivity contribution >= 4 is 0 Å². The van der Waals surface area contributed by atoms with Gasteiger partial charge < -0.3 is 5.11 Å². The molecule has 0 bridgehead atoms. The SMILES string of the molecule is C[C@@H](O)C[C@H](C)c1ccccc1. The molecular formula is C11H16O. The highest BCUT2D eigenvalue weighted by molar-refractivity contribution is 5.18. The van der Waals surface area contributed by atoms with Crippen LogP contribution in [0.1, 0.15) is 31.7 Å². The minimum absolute atomic E-state index is 0.208. The lowest BCUT2D eigenvalue weighted by Crippen LogP contribution is -2.05. The van der Waals surface area contributed by atoms with Gasteiger partial charge in [-0.1, -0.05) is 37.3 Å². The van der Waals surface area contributed by atoms with E-state index in [9.17, 15) is 5.11 Å². The van der Waals surface area contributed by atoms with Crippen molar-refractivity contribution in [2.24, 2.45) is 0 Å². The minimum atomic E-state index is -0.208. The van der Waals surface area contributed by atoms with E-state index in [1.54, 1.807) is 0 Å². The molecule has 0 aliphatic heterocycles. The second kappa shape index (κ2) is 4.27. The normalized spacial score (nSPS) is 15.6. The fourth-order valence-electron chi connectivity index (χ4n) is 1.43. The van der Waals surface area contributed by atoms with E-state index in [1.807, 2.05) is 25.1 Å². The van der Waals surface area contributed by atoms with Gasteiger partial charge in [0.05, 0.1) is 6.10 Å². The third-order valence-electron chi connectivity index (χ3n) is 2.06. The molecule has 0 heterocycles. The predicted octanol–water partition coefficient (Wildman–Crippen LogP) is 2.56. The molecule has 0 saturated carbocycles. The number of hydrogen-bond donors (Lipinski definition) is 1. The van der Waals surface area contributed by atoms with E-state index >= 15 is 0 Å². The minimum Gasteiger partial charge on any atom is -0.393 e. The molecule has 1 N–H and O–H groups in total. The Morgan fingerprint density at radius 3 is 2.25 bits per heavy atom. The van der Waals surface area contributed by atoms with Gasteiger partial charge in [-0.25, -0.2) is 0 Å². The number of rotatable bonds is 3. The third kappa shape index (κ3) is 2.67. The van der Waals surface area contributed by atoms with E-state index in [2.05, 4.69) is 19.1 Å². The Labute approximate surface area is 74.1 Å². The summed E-state index contributed by atoms with van der Waals surface area (Å²) < 4.78 is 0. The van der Waals surface area contributed by atoms with Gasteiger partial charge in [0.2, 0.25) is 0 Å². The summed E-state index contributed by atoms with van der Waals surface area (Å²) >= 11 is 0. The lowest BCUT2D eigenvalue weighted by molar-refractivity contribution is 0.176. The highest BCUT2D eigenvalue weighted by atomic mass is 16.3. The van der Waals surface area contributed by atoms with E-state index in [1.165, 1.54) is 5.56 Å². The van der Waals surface area contributed by atoms with Crippen molar-refractivity contribution in [2.45, 2.75) is 32.3 Å². The van der Waals surface area contributed by atoms with Crippen LogP contribution in [0.2, 0.25) is 0 Å². The van der Waals surface area contributed by atoms with Gasteiger partial charge in [0, 0.05) is 0 Å². The molecule has 0 spiro atoms. The summed E-state index contributed by atoms with van der Waals surface area (Å²) in [6, 6.07) is 10.3. The second-order valence-corrected chi connectivity index (χ2v) is 3.40. The topological polar surface area (TPSA) is 20.2 Å². The van der Waals surface area contributed by atoms with Crippen LogP contribution < -0.4 is 0 Å². The highest BCUT2D eigenvalue weighted by Crippen LogP contribution is 2.19. The molecule has 0 aliphatic carbocycles. The zero-order valence-electron chi connectivity index (χ0n) is 7.70. The molecule has 0 saturated heterocycles. The molecule has 0 fully saturated rings. The number of hydrogen-bond acceptors (Lipinski definition) is 1.